The minimum Gasteiger partial charge on any atom is -0.372 e. The van der Waals surface area contributed by atoms with Gasteiger partial charge in [0.15, 0.2) is 0 Å². The molecular formula is C49H54N6O7S. The fraction of sp³-hybridized carbons (Fsp3) is 0.224. The number of aryl methyl sites for hydroxylation is 1. The van der Waals surface area contributed by atoms with Gasteiger partial charge in [-0.1, -0.05) is 68.7 Å². The Morgan fingerprint density at radius 2 is 1.03 bits per heavy atom. The third-order valence-electron chi connectivity index (χ3n) is 9.77. The summed E-state index contributed by atoms with van der Waals surface area (Å²) in [6.45, 7) is 9.71. The SMILES string of the molecule is CCCCN1C=C(NC(=O)c2ccc(NC(=O)C=Cc3ccc(C(=O)Nc4ccc(C(=O)NC5=CN(CCCC)CC=C5)cc4)cc3)cc2)C=CC1.Cc1ccc(S(=O)(=O)O)cc1. The summed E-state index contributed by atoms with van der Waals surface area (Å²) in [4.78, 5) is 55.3. The summed E-state index contributed by atoms with van der Waals surface area (Å²) < 4.78 is 29.6. The van der Waals surface area contributed by atoms with Gasteiger partial charge in [0, 0.05) is 72.7 Å². The smallest absolute Gasteiger partial charge is 0.294 e. The monoisotopic (exact) mass is 870 g/mol. The van der Waals surface area contributed by atoms with Crippen molar-refractivity contribution in [2.75, 3.05) is 36.8 Å². The second-order valence-corrected chi connectivity index (χ2v) is 16.3. The molecule has 2 aliphatic heterocycles. The van der Waals surface area contributed by atoms with Crippen LogP contribution in [0.4, 0.5) is 11.4 Å². The topological polar surface area (TPSA) is 177 Å². The van der Waals surface area contributed by atoms with E-state index < -0.39 is 10.1 Å². The molecule has 2 aliphatic rings. The lowest BCUT2D eigenvalue weighted by molar-refractivity contribution is -0.111. The van der Waals surface area contributed by atoms with Gasteiger partial charge in [0.25, 0.3) is 27.8 Å². The van der Waals surface area contributed by atoms with Gasteiger partial charge < -0.3 is 31.1 Å². The highest BCUT2D eigenvalue weighted by Gasteiger charge is 2.13. The molecule has 0 unspecified atom stereocenters. The van der Waals surface area contributed by atoms with Crippen molar-refractivity contribution in [2.24, 2.45) is 0 Å². The van der Waals surface area contributed by atoms with Gasteiger partial charge >= 0.3 is 0 Å². The van der Waals surface area contributed by atoms with E-state index in [1.807, 2.05) is 43.6 Å². The molecule has 14 heteroatoms. The predicted octanol–water partition coefficient (Wildman–Crippen LogP) is 8.32. The highest BCUT2D eigenvalue weighted by molar-refractivity contribution is 7.85. The number of nitrogens with zero attached hydrogens (tertiary/aromatic N) is 2. The van der Waals surface area contributed by atoms with E-state index in [0.717, 1.165) is 74.4 Å². The first kappa shape index (κ1) is 47.0. The van der Waals surface area contributed by atoms with Crippen LogP contribution in [-0.4, -0.2) is 72.6 Å². The van der Waals surface area contributed by atoms with E-state index in [1.54, 1.807) is 91.0 Å². The van der Waals surface area contributed by atoms with Crippen molar-refractivity contribution >= 4 is 51.2 Å². The van der Waals surface area contributed by atoms with E-state index in [0.29, 0.717) is 28.1 Å². The summed E-state index contributed by atoms with van der Waals surface area (Å²) in [7, 11) is -4.02. The maximum Gasteiger partial charge on any atom is 0.294 e. The molecule has 4 aromatic carbocycles. The minimum atomic E-state index is -4.02. The molecule has 4 amide bonds. The van der Waals surface area contributed by atoms with Crippen LogP contribution in [0.2, 0.25) is 0 Å². The Bertz CT molecular complexity index is 2470. The number of allylic oxidation sites excluding steroid dienone is 2. The number of anilines is 2. The molecule has 13 nitrogen and oxygen atoms in total. The fourth-order valence-corrected chi connectivity index (χ4v) is 6.71. The fourth-order valence-electron chi connectivity index (χ4n) is 6.23. The average molecular weight is 871 g/mol. The van der Waals surface area contributed by atoms with Crippen molar-refractivity contribution in [3.05, 3.63) is 179 Å². The molecule has 6 rings (SSSR count). The summed E-state index contributed by atoms with van der Waals surface area (Å²) in [5, 5.41) is 11.5. The Morgan fingerprint density at radius 1 is 0.603 bits per heavy atom. The zero-order valence-corrected chi connectivity index (χ0v) is 36.5. The maximum atomic E-state index is 12.9. The minimum absolute atomic E-state index is 0.0666. The van der Waals surface area contributed by atoms with E-state index in [-0.39, 0.29) is 28.5 Å². The second-order valence-electron chi connectivity index (χ2n) is 14.9. The molecule has 0 fully saturated rings. The number of hydrogen-bond acceptors (Lipinski definition) is 8. The van der Waals surface area contributed by atoms with Gasteiger partial charge in [-0.3, -0.25) is 23.7 Å². The molecule has 328 valence electrons. The van der Waals surface area contributed by atoms with Crippen molar-refractivity contribution < 1.29 is 32.1 Å². The van der Waals surface area contributed by atoms with Gasteiger partial charge in [-0.2, -0.15) is 8.42 Å². The Balaban J connectivity index is 0.000000592. The third-order valence-corrected chi connectivity index (χ3v) is 10.6. The Kier molecular flexibility index (Phi) is 17.4. The largest absolute Gasteiger partial charge is 0.372 e. The summed E-state index contributed by atoms with van der Waals surface area (Å²) in [6, 6.07) is 26.3. The first-order valence-corrected chi connectivity index (χ1v) is 22.3. The first-order valence-electron chi connectivity index (χ1n) is 20.8. The van der Waals surface area contributed by atoms with Crippen molar-refractivity contribution in [2.45, 2.75) is 51.3 Å². The normalized spacial score (nSPS) is 13.3. The van der Waals surface area contributed by atoms with E-state index in [2.05, 4.69) is 44.9 Å². The van der Waals surface area contributed by atoms with Crippen LogP contribution in [-0.2, 0) is 14.9 Å². The Labute approximate surface area is 369 Å². The molecule has 5 N–H and O–H groups in total. The van der Waals surface area contributed by atoms with Crippen LogP contribution in [0.1, 0.15) is 81.7 Å². The number of rotatable bonds is 16. The van der Waals surface area contributed by atoms with E-state index in [1.165, 1.54) is 18.2 Å². The van der Waals surface area contributed by atoms with Crippen LogP contribution in [0.25, 0.3) is 6.08 Å². The number of nitrogens with one attached hydrogen (secondary N) is 4. The summed E-state index contributed by atoms with van der Waals surface area (Å²) >= 11 is 0. The maximum absolute atomic E-state index is 12.9. The zero-order chi connectivity index (χ0) is 45.2. The van der Waals surface area contributed by atoms with Crippen LogP contribution in [0, 0.1) is 6.92 Å². The molecule has 0 saturated heterocycles. The molecule has 63 heavy (non-hydrogen) atoms. The van der Waals surface area contributed by atoms with Gasteiger partial charge in [-0.05, 0) is 116 Å². The Morgan fingerprint density at radius 3 is 1.48 bits per heavy atom. The van der Waals surface area contributed by atoms with Crippen LogP contribution >= 0.6 is 0 Å². The van der Waals surface area contributed by atoms with Gasteiger partial charge in [-0.25, -0.2) is 0 Å². The summed E-state index contributed by atoms with van der Waals surface area (Å²) in [5.41, 5.74) is 5.72. The highest BCUT2D eigenvalue weighted by atomic mass is 32.2. The molecule has 0 aliphatic carbocycles. The predicted molar refractivity (Wildman–Crippen MR) is 248 cm³/mol. The lowest BCUT2D eigenvalue weighted by atomic mass is 10.1. The van der Waals surface area contributed by atoms with Gasteiger partial charge in [0.1, 0.15) is 0 Å². The quantitative estimate of drug-likeness (QED) is 0.0548. The number of hydrogen-bond donors (Lipinski definition) is 5. The van der Waals surface area contributed by atoms with Crippen LogP contribution in [0.3, 0.4) is 0 Å². The molecule has 2 heterocycles. The average Bonchev–Trinajstić information content (AvgIpc) is 3.28. The number of carbonyl (C=O) groups excluding carboxylic acids is 4. The van der Waals surface area contributed by atoms with Gasteiger partial charge in [-0.15, -0.1) is 0 Å². The molecular weight excluding hydrogens is 817 g/mol. The van der Waals surface area contributed by atoms with E-state index in [9.17, 15) is 27.6 Å². The number of carbonyl (C=O) groups is 4. The lowest BCUT2D eigenvalue weighted by Crippen LogP contribution is -2.28. The van der Waals surface area contributed by atoms with Crippen molar-refractivity contribution in [1.82, 2.24) is 20.4 Å². The summed E-state index contributed by atoms with van der Waals surface area (Å²) in [6.07, 6.45) is 19.3. The molecule has 0 aromatic heterocycles. The van der Waals surface area contributed by atoms with Crippen LogP contribution < -0.4 is 21.3 Å². The lowest BCUT2D eigenvalue weighted by Gasteiger charge is -2.23. The number of amides is 4. The van der Waals surface area contributed by atoms with Crippen LogP contribution in [0.5, 0.6) is 0 Å². The van der Waals surface area contributed by atoms with E-state index >= 15 is 0 Å². The van der Waals surface area contributed by atoms with Gasteiger partial charge in [0.05, 0.1) is 16.3 Å². The van der Waals surface area contributed by atoms with Gasteiger partial charge in [0.2, 0.25) is 5.91 Å². The Hall–Kier alpha value is -7.03. The molecule has 0 radical (unpaired) electrons. The second kappa shape index (κ2) is 23.3. The van der Waals surface area contributed by atoms with Crippen molar-refractivity contribution in [3.8, 4) is 0 Å². The zero-order valence-electron chi connectivity index (χ0n) is 35.7. The van der Waals surface area contributed by atoms with Crippen molar-refractivity contribution in [1.29, 1.82) is 0 Å². The summed E-state index contributed by atoms with van der Waals surface area (Å²) in [5.74, 6) is -1.07. The molecule has 0 bridgehead atoms. The molecule has 0 atom stereocenters. The highest BCUT2D eigenvalue weighted by Crippen LogP contribution is 2.16. The number of benzene rings is 4. The molecule has 4 aromatic rings. The number of unbranched alkanes of at least 4 members (excludes halogenated alkanes) is 2. The van der Waals surface area contributed by atoms with Crippen molar-refractivity contribution in [3.63, 3.8) is 0 Å². The standard InChI is InChI=1S/C42H46N6O4.C7H8O3S/c1-3-5-25-47-27-7-9-37(29-47)45-41(51)33-16-20-35(21-17-33)43-39(49)24-13-31-11-14-32(15-12-31)40(50)44-36-22-18-34(19-23-36)42(52)46-38-10-8-28-48(30-38)26-6-4-2;1-6-2-4-7(5-3-6)11(8,9)10/h7-24,29-30H,3-6,25-28H2,1-2H3,(H,43,49)(H,44,50)(H,45,51)(H,46,52);2-5H,1H3,(H,8,9,10). The molecule has 0 saturated carbocycles. The third kappa shape index (κ3) is 15.4. The van der Waals surface area contributed by atoms with E-state index in [4.69, 9.17) is 4.55 Å². The van der Waals surface area contributed by atoms with Crippen LogP contribution in [0.15, 0.2) is 156 Å². The first-order chi connectivity index (χ1) is 30.3. The molecule has 0 spiro atoms.